The number of hydrogen-bond acceptors (Lipinski definition) is 3. The molecule has 0 spiro atoms. The summed E-state index contributed by atoms with van der Waals surface area (Å²) in [7, 11) is 0. The fraction of sp³-hybridized carbons (Fsp3) is 0.364. The number of H-pyrrole nitrogens is 1. The van der Waals surface area contributed by atoms with Crippen LogP contribution in [0.4, 0.5) is 0 Å². The molecule has 1 N–H and O–H groups in total. The summed E-state index contributed by atoms with van der Waals surface area (Å²) >= 11 is 0. The number of nitrogens with one attached hydrogen (secondary N) is 1. The molecular weight excluding hydrogens is 188 g/mol. The maximum Gasteiger partial charge on any atom is 0.161 e. The van der Waals surface area contributed by atoms with E-state index in [1.807, 2.05) is 12.1 Å². The molecule has 78 valence electrons. The van der Waals surface area contributed by atoms with E-state index in [-0.39, 0.29) is 0 Å². The van der Waals surface area contributed by atoms with Crippen molar-refractivity contribution >= 4 is 0 Å². The maximum atomic E-state index is 4.11. The van der Waals surface area contributed by atoms with Crippen LogP contribution in [0.25, 0.3) is 11.4 Å². The second-order valence-electron chi connectivity index (χ2n) is 3.95. The van der Waals surface area contributed by atoms with Crippen molar-refractivity contribution in [3.8, 4) is 11.4 Å². The first kappa shape index (κ1) is 9.83. The minimum atomic E-state index is 0.586. The predicted molar refractivity (Wildman–Crippen MR) is 58.2 cm³/mol. The lowest BCUT2D eigenvalue weighted by Crippen LogP contribution is -1.95. The van der Waals surface area contributed by atoms with Gasteiger partial charge >= 0.3 is 0 Å². The van der Waals surface area contributed by atoms with Gasteiger partial charge in [0.15, 0.2) is 5.82 Å². The molecule has 4 heteroatoms. The molecule has 2 aromatic rings. The average Bonchev–Trinajstić information content (AvgIpc) is 2.67. The van der Waals surface area contributed by atoms with Crippen LogP contribution in [0.2, 0.25) is 0 Å². The Kier molecular flexibility index (Phi) is 2.76. The minimum Gasteiger partial charge on any atom is -0.325 e. The van der Waals surface area contributed by atoms with Gasteiger partial charge in [0, 0.05) is 24.4 Å². The molecule has 0 unspecified atom stereocenters. The maximum absolute atomic E-state index is 4.11. The summed E-state index contributed by atoms with van der Waals surface area (Å²) in [5.41, 5.74) is 1.02. The molecule has 0 saturated carbocycles. The Morgan fingerprint density at radius 3 is 2.60 bits per heavy atom. The van der Waals surface area contributed by atoms with Gasteiger partial charge in [0.05, 0.1) is 0 Å². The largest absolute Gasteiger partial charge is 0.325 e. The molecule has 0 aromatic carbocycles. The SMILES string of the molecule is CC(C)Cc1nnc(-c2ccncc2)[nH]1. The van der Waals surface area contributed by atoms with E-state index >= 15 is 0 Å². The Balaban J connectivity index is 2.21. The van der Waals surface area contributed by atoms with E-state index in [1.165, 1.54) is 0 Å². The number of pyridine rings is 1. The Hall–Kier alpha value is -1.71. The first-order valence-electron chi connectivity index (χ1n) is 5.07. The Bertz CT molecular complexity index is 419. The van der Waals surface area contributed by atoms with E-state index in [4.69, 9.17) is 0 Å². The molecule has 0 fully saturated rings. The molecule has 2 aromatic heterocycles. The van der Waals surface area contributed by atoms with E-state index in [0.717, 1.165) is 23.6 Å². The lowest BCUT2D eigenvalue weighted by atomic mass is 10.1. The van der Waals surface area contributed by atoms with E-state index in [0.29, 0.717) is 5.92 Å². The van der Waals surface area contributed by atoms with Crippen LogP contribution in [0.3, 0.4) is 0 Å². The Morgan fingerprint density at radius 2 is 1.93 bits per heavy atom. The van der Waals surface area contributed by atoms with Gasteiger partial charge in [0.2, 0.25) is 0 Å². The number of aromatic amines is 1. The fourth-order valence-electron chi connectivity index (χ4n) is 1.42. The zero-order valence-electron chi connectivity index (χ0n) is 8.94. The molecule has 0 bridgehead atoms. The molecule has 0 radical (unpaired) electrons. The van der Waals surface area contributed by atoms with Crippen LogP contribution in [0.1, 0.15) is 19.7 Å². The third kappa shape index (κ3) is 2.40. The monoisotopic (exact) mass is 202 g/mol. The molecule has 15 heavy (non-hydrogen) atoms. The second-order valence-corrected chi connectivity index (χ2v) is 3.95. The van der Waals surface area contributed by atoms with Gasteiger partial charge in [-0.15, -0.1) is 10.2 Å². The highest BCUT2D eigenvalue weighted by Crippen LogP contribution is 2.13. The van der Waals surface area contributed by atoms with Gasteiger partial charge in [0.25, 0.3) is 0 Å². The van der Waals surface area contributed by atoms with Gasteiger partial charge in [-0.3, -0.25) is 4.98 Å². The summed E-state index contributed by atoms with van der Waals surface area (Å²) in [6.07, 6.45) is 4.43. The molecule has 0 amide bonds. The normalized spacial score (nSPS) is 10.9. The van der Waals surface area contributed by atoms with Crippen molar-refractivity contribution in [2.75, 3.05) is 0 Å². The van der Waals surface area contributed by atoms with E-state index in [9.17, 15) is 0 Å². The lowest BCUT2D eigenvalue weighted by molar-refractivity contribution is 0.622. The molecule has 0 saturated heterocycles. The van der Waals surface area contributed by atoms with E-state index in [1.54, 1.807) is 12.4 Å². The van der Waals surface area contributed by atoms with Crippen LogP contribution in [-0.4, -0.2) is 20.2 Å². The van der Waals surface area contributed by atoms with E-state index in [2.05, 4.69) is 34.0 Å². The first-order chi connectivity index (χ1) is 7.25. The van der Waals surface area contributed by atoms with Crippen molar-refractivity contribution in [1.82, 2.24) is 20.2 Å². The topological polar surface area (TPSA) is 54.5 Å². The molecular formula is C11H14N4. The molecule has 2 rings (SSSR count). The van der Waals surface area contributed by atoms with Gasteiger partial charge in [-0.1, -0.05) is 13.8 Å². The van der Waals surface area contributed by atoms with Crippen LogP contribution >= 0.6 is 0 Å². The summed E-state index contributed by atoms with van der Waals surface area (Å²) < 4.78 is 0. The Morgan fingerprint density at radius 1 is 1.20 bits per heavy atom. The fourth-order valence-corrected chi connectivity index (χ4v) is 1.42. The van der Waals surface area contributed by atoms with Crippen LogP contribution in [0, 0.1) is 5.92 Å². The quantitative estimate of drug-likeness (QED) is 0.828. The van der Waals surface area contributed by atoms with Gasteiger partial charge in [-0.2, -0.15) is 0 Å². The van der Waals surface area contributed by atoms with Gasteiger partial charge in [-0.25, -0.2) is 0 Å². The average molecular weight is 202 g/mol. The number of aromatic nitrogens is 4. The molecule has 0 aliphatic heterocycles. The van der Waals surface area contributed by atoms with Crippen LogP contribution in [0.5, 0.6) is 0 Å². The Labute approximate surface area is 88.8 Å². The number of nitrogens with zero attached hydrogens (tertiary/aromatic N) is 3. The van der Waals surface area contributed by atoms with Gasteiger partial charge in [0.1, 0.15) is 5.82 Å². The first-order valence-corrected chi connectivity index (χ1v) is 5.07. The van der Waals surface area contributed by atoms with Crippen molar-refractivity contribution in [2.24, 2.45) is 5.92 Å². The molecule has 2 heterocycles. The third-order valence-electron chi connectivity index (χ3n) is 2.09. The van der Waals surface area contributed by atoms with Crippen molar-refractivity contribution in [3.05, 3.63) is 30.4 Å². The highest BCUT2D eigenvalue weighted by Gasteiger charge is 2.06. The standard InChI is InChI=1S/C11H14N4/c1-8(2)7-10-13-11(15-14-10)9-3-5-12-6-4-9/h3-6,8H,7H2,1-2H3,(H,13,14,15). The minimum absolute atomic E-state index is 0.586. The van der Waals surface area contributed by atoms with Crippen LogP contribution in [0.15, 0.2) is 24.5 Å². The summed E-state index contributed by atoms with van der Waals surface area (Å²) in [6, 6.07) is 3.83. The number of hydrogen-bond donors (Lipinski definition) is 1. The zero-order chi connectivity index (χ0) is 10.7. The molecule has 0 atom stereocenters. The van der Waals surface area contributed by atoms with Crippen molar-refractivity contribution in [3.63, 3.8) is 0 Å². The smallest absolute Gasteiger partial charge is 0.161 e. The molecule has 0 aliphatic rings. The van der Waals surface area contributed by atoms with Crippen LogP contribution < -0.4 is 0 Å². The number of rotatable bonds is 3. The van der Waals surface area contributed by atoms with Crippen molar-refractivity contribution in [2.45, 2.75) is 20.3 Å². The van der Waals surface area contributed by atoms with Gasteiger partial charge in [-0.05, 0) is 18.1 Å². The van der Waals surface area contributed by atoms with E-state index < -0.39 is 0 Å². The highest BCUT2D eigenvalue weighted by molar-refractivity contribution is 5.52. The van der Waals surface area contributed by atoms with Gasteiger partial charge < -0.3 is 4.98 Å². The predicted octanol–water partition coefficient (Wildman–Crippen LogP) is 2.07. The van der Waals surface area contributed by atoms with Crippen LogP contribution in [-0.2, 0) is 6.42 Å². The summed E-state index contributed by atoms with van der Waals surface area (Å²) in [5.74, 6) is 2.34. The summed E-state index contributed by atoms with van der Waals surface area (Å²) in [6.45, 7) is 4.32. The lowest BCUT2D eigenvalue weighted by Gasteiger charge is -1.98. The summed E-state index contributed by atoms with van der Waals surface area (Å²) in [4.78, 5) is 7.17. The zero-order valence-corrected chi connectivity index (χ0v) is 8.94. The highest BCUT2D eigenvalue weighted by atomic mass is 15.2. The summed E-state index contributed by atoms with van der Waals surface area (Å²) in [5, 5.41) is 8.21. The second kappa shape index (κ2) is 4.21. The third-order valence-corrected chi connectivity index (χ3v) is 2.09. The molecule has 4 nitrogen and oxygen atoms in total. The molecule has 0 aliphatic carbocycles. The van der Waals surface area contributed by atoms with Crippen molar-refractivity contribution < 1.29 is 0 Å². The van der Waals surface area contributed by atoms with Crippen molar-refractivity contribution in [1.29, 1.82) is 0 Å².